The van der Waals surface area contributed by atoms with Gasteiger partial charge in [0.15, 0.2) is 0 Å². The molecule has 0 aliphatic carbocycles. The van der Waals surface area contributed by atoms with Crippen LogP contribution in [0.4, 0.5) is 0 Å². The van der Waals surface area contributed by atoms with Crippen molar-refractivity contribution in [1.29, 1.82) is 0 Å². The van der Waals surface area contributed by atoms with Gasteiger partial charge >= 0.3 is 0 Å². The lowest BCUT2D eigenvalue weighted by Crippen LogP contribution is -2.45. The second kappa shape index (κ2) is 7.79. The molecule has 5 nitrogen and oxygen atoms in total. The Bertz CT molecular complexity index is 980. The van der Waals surface area contributed by atoms with E-state index in [1.165, 1.54) is 11.1 Å². The average Bonchev–Trinajstić information content (AvgIpc) is 3.04. The Labute approximate surface area is 172 Å². The van der Waals surface area contributed by atoms with Gasteiger partial charge in [0, 0.05) is 37.3 Å². The highest BCUT2D eigenvalue weighted by molar-refractivity contribution is 5.95. The SMILES string of the molecule is Cc1cccc(CN2CCC[C@@]3(CCN(C(=O)c4c(C)cc(C)[nH]c4=O)C3)C2)c1. The predicted octanol–water partition coefficient (Wildman–Crippen LogP) is 3.43. The van der Waals surface area contributed by atoms with Crippen LogP contribution in [0.25, 0.3) is 0 Å². The first-order chi connectivity index (χ1) is 13.8. The molecule has 29 heavy (non-hydrogen) atoms. The van der Waals surface area contributed by atoms with E-state index in [1.807, 2.05) is 24.8 Å². The van der Waals surface area contributed by atoms with Crippen LogP contribution in [0.1, 0.15) is 52.0 Å². The first-order valence-electron chi connectivity index (χ1n) is 10.6. The van der Waals surface area contributed by atoms with Gasteiger partial charge in [-0.3, -0.25) is 14.5 Å². The Morgan fingerprint density at radius 2 is 1.93 bits per heavy atom. The van der Waals surface area contributed by atoms with Gasteiger partial charge in [-0.2, -0.15) is 0 Å². The molecule has 0 saturated carbocycles. The molecule has 1 amide bonds. The summed E-state index contributed by atoms with van der Waals surface area (Å²) in [6, 6.07) is 10.6. The highest BCUT2D eigenvalue weighted by atomic mass is 16.2. The number of likely N-dealkylation sites (tertiary alicyclic amines) is 2. The Morgan fingerprint density at radius 1 is 1.10 bits per heavy atom. The van der Waals surface area contributed by atoms with Crippen molar-refractivity contribution in [3.8, 4) is 0 Å². The van der Waals surface area contributed by atoms with Crippen molar-refractivity contribution in [1.82, 2.24) is 14.8 Å². The Balaban J connectivity index is 1.47. The van der Waals surface area contributed by atoms with Crippen LogP contribution < -0.4 is 5.56 Å². The maximum Gasteiger partial charge on any atom is 0.261 e. The van der Waals surface area contributed by atoms with Gasteiger partial charge in [0.05, 0.1) is 0 Å². The number of benzene rings is 1. The minimum atomic E-state index is -0.266. The number of nitrogens with one attached hydrogen (secondary N) is 1. The second-order valence-corrected chi connectivity index (χ2v) is 9.12. The van der Waals surface area contributed by atoms with E-state index in [2.05, 4.69) is 41.1 Å². The van der Waals surface area contributed by atoms with Crippen LogP contribution in [0, 0.1) is 26.2 Å². The smallest absolute Gasteiger partial charge is 0.261 e. The number of aromatic nitrogens is 1. The van der Waals surface area contributed by atoms with E-state index < -0.39 is 0 Å². The Hall–Kier alpha value is -2.40. The van der Waals surface area contributed by atoms with Gasteiger partial charge < -0.3 is 9.88 Å². The molecular formula is C24H31N3O2. The van der Waals surface area contributed by atoms with Crippen molar-refractivity contribution in [2.75, 3.05) is 26.2 Å². The number of amides is 1. The standard InChI is InChI=1S/C24H31N3O2/c1-17-6-4-7-20(12-17)14-26-10-5-8-24(15-26)9-11-27(16-24)23(29)21-18(2)13-19(3)25-22(21)28/h4,6-7,12-13H,5,8-11,14-16H2,1-3H3,(H,25,28)/t24-/m1/s1. The summed E-state index contributed by atoms with van der Waals surface area (Å²) in [5.41, 5.74) is 4.41. The van der Waals surface area contributed by atoms with Crippen LogP contribution in [0.2, 0.25) is 0 Å². The number of carbonyl (C=O) groups is 1. The number of rotatable bonds is 3. The molecule has 1 aromatic carbocycles. The fraction of sp³-hybridized carbons (Fsp3) is 0.500. The second-order valence-electron chi connectivity index (χ2n) is 9.12. The van der Waals surface area contributed by atoms with Gasteiger partial charge in [-0.25, -0.2) is 0 Å². The number of piperidine rings is 1. The molecular weight excluding hydrogens is 362 g/mol. The van der Waals surface area contributed by atoms with Gasteiger partial charge in [0.2, 0.25) is 0 Å². The van der Waals surface area contributed by atoms with Crippen LogP contribution in [0.5, 0.6) is 0 Å². The van der Waals surface area contributed by atoms with Crippen LogP contribution in [0.3, 0.4) is 0 Å². The van der Waals surface area contributed by atoms with E-state index in [9.17, 15) is 9.59 Å². The fourth-order valence-corrected chi connectivity index (χ4v) is 5.23. The van der Waals surface area contributed by atoms with E-state index >= 15 is 0 Å². The molecule has 1 N–H and O–H groups in total. The number of aryl methyl sites for hydroxylation is 3. The summed E-state index contributed by atoms with van der Waals surface area (Å²) in [6.45, 7) is 10.4. The summed E-state index contributed by atoms with van der Waals surface area (Å²) in [6.07, 6.45) is 3.34. The van der Waals surface area contributed by atoms with Crippen molar-refractivity contribution in [2.24, 2.45) is 5.41 Å². The summed E-state index contributed by atoms with van der Waals surface area (Å²) < 4.78 is 0. The molecule has 1 atom stereocenters. The lowest BCUT2D eigenvalue weighted by atomic mass is 9.79. The van der Waals surface area contributed by atoms with Gasteiger partial charge in [-0.15, -0.1) is 0 Å². The Morgan fingerprint density at radius 3 is 2.69 bits per heavy atom. The number of hydrogen-bond donors (Lipinski definition) is 1. The molecule has 2 aliphatic heterocycles. The number of aromatic amines is 1. The molecule has 2 fully saturated rings. The topological polar surface area (TPSA) is 56.4 Å². The van der Waals surface area contributed by atoms with Gasteiger partial charge in [-0.05, 0) is 63.8 Å². The normalized spacial score (nSPS) is 22.4. The largest absolute Gasteiger partial charge is 0.338 e. The highest BCUT2D eigenvalue weighted by Gasteiger charge is 2.43. The quantitative estimate of drug-likeness (QED) is 0.869. The van der Waals surface area contributed by atoms with Crippen molar-refractivity contribution in [3.63, 3.8) is 0 Å². The number of carbonyl (C=O) groups excluding carboxylic acids is 1. The molecule has 1 spiro atoms. The molecule has 0 radical (unpaired) electrons. The zero-order valence-electron chi connectivity index (χ0n) is 17.8. The van der Waals surface area contributed by atoms with Crippen molar-refractivity contribution < 1.29 is 4.79 Å². The molecule has 154 valence electrons. The molecule has 2 aromatic rings. The molecule has 0 bridgehead atoms. The Kier molecular flexibility index (Phi) is 5.34. The molecule has 2 aliphatic rings. The first-order valence-corrected chi connectivity index (χ1v) is 10.6. The molecule has 2 saturated heterocycles. The van der Waals surface area contributed by atoms with Crippen LogP contribution in [0.15, 0.2) is 35.1 Å². The summed E-state index contributed by atoms with van der Waals surface area (Å²) >= 11 is 0. The molecule has 0 unspecified atom stereocenters. The minimum absolute atomic E-state index is 0.114. The third-order valence-electron chi connectivity index (χ3n) is 6.53. The maximum atomic E-state index is 13.1. The minimum Gasteiger partial charge on any atom is -0.338 e. The monoisotopic (exact) mass is 393 g/mol. The van der Waals surface area contributed by atoms with Gasteiger partial charge in [0.1, 0.15) is 5.56 Å². The van der Waals surface area contributed by atoms with Crippen LogP contribution >= 0.6 is 0 Å². The van der Waals surface area contributed by atoms with E-state index in [-0.39, 0.29) is 16.9 Å². The number of nitrogens with zero attached hydrogens (tertiary/aromatic N) is 2. The zero-order chi connectivity index (χ0) is 20.6. The van der Waals surface area contributed by atoms with E-state index in [0.717, 1.165) is 63.2 Å². The van der Waals surface area contributed by atoms with E-state index in [0.29, 0.717) is 5.56 Å². The summed E-state index contributed by atoms with van der Waals surface area (Å²) in [5, 5.41) is 0. The van der Waals surface area contributed by atoms with Gasteiger partial charge in [-0.1, -0.05) is 29.8 Å². The van der Waals surface area contributed by atoms with Crippen molar-refractivity contribution in [3.05, 3.63) is 68.6 Å². The third kappa shape index (κ3) is 4.15. The van der Waals surface area contributed by atoms with Crippen molar-refractivity contribution in [2.45, 2.75) is 46.6 Å². The summed E-state index contributed by atoms with van der Waals surface area (Å²) in [4.78, 5) is 32.8. The predicted molar refractivity (Wildman–Crippen MR) is 115 cm³/mol. The maximum absolute atomic E-state index is 13.1. The summed E-state index contributed by atoms with van der Waals surface area (Å²) in [5.74, 6) is -0.114. The first kappa shape index (κ1) is 19.9. The lowest BCUT2D eigenvalue weighted by molar-refractivity contribution is 0.0673. The zero-order valence-corrected chi connectivity index (χ0v) is 17.8. The van der Waals surface area contributed by atoms with Gasteiger partial charge in [0.25, 0.3) is 11.5 Å². The number of hydrogen-bond acceptors (Lipinski definition) is 3. The molecule has 4 rings (SSSR count). The number of pyridine rings is 1. The van der Waals surface area contributed by atoms with Crippen molar-refractivity contribution >= 4 is 5.91 Å². The third-order valence-corrected chi connectivity index (χ3v) is 6.53. The lowest BCUT2D eigenvalue weighted by Gasteiger charge is -2.40. The van der Waals surface area contributed by atoms with Crippen LogP contribution in [-0.2, 0) is 6.54 Å². The fourth-order valence-electron chi connectivity index (χ4n) is 5.23. The van der Waals surface area contributed by atoms with E-state index in [1.54, 1.807) is 0 Å². The van der Waals surface area contributed by atoms with E-state index in [4.69, 9.17) is 0 Å². The highest BCUT2D eigenvalue weighted by Crippen LogP contribution is 2.39. The molecule has 5 heteroatoms. The molecule has 1 aromatic heterocycles. The number of H-pyrrole nitrogens is 1. The average molecular weight is 394 g/mol. The molecule has 3 heterocycles. The van der Waals surface area contributed by atoms with Crippen LogP contribution in [-0.4, -0.2) is 46.9 Å². The summed E-state index contributed by atoms with van der Waals surface area (Å²) in [7, 11) is 0.